The highest BCUT2D eigenvalue weighted by atomic mass is 16.6. The van der Waals surface area contributed by atoms with Crippen molar-refractivity contribution in [1.29, 1.82) is 0 Å². The summed E-state index contributed by atoms with van der Waals surface area (Å²) in [6.07, 6.45) is 2.98. The molecule has 3 rings (SSSR count). The van der Waals surface area contributed by atoms with Crippen molar-refractivity contribution in [2.75, 3.05) is 0 Å². The second-order valence-electron chi connectivity index (χ2n) is 4.33. The Hall–Kier alpha value is -3.15. The lowest BCUT2D eigenvalue weighted by atomic mass is 10.1. The molecule has 0 saturated heterocycles. The molecule has 0 amide bonds. The lowest BCUT2D eigenvalue weighted by Gasteiger charge is -2.10. The summed E-state index contributed by atoms with van der Waals surface area (Å²) in [6, 6.07) is 10.9. The van der Waals surface area contributed by atoms with E-state index >= 15 is 0 Å². The van der Waals surface area contributed by atoms with Crippen molar-refractivity contribution in [1.82, 2.24) is 4.98 Å². The molecule has 0 aliphatic carbocycles. The highest BCUT2D eigenvalue weighted by Gasteiger charge is 2.16. The maximum absolute atomic E-state index is 11.0. The number of para-hydroxylation sites is 2. The Bertz CT molecular complexity index is 833. The Morgan fingerprint density at radius 3 is 2.62 bits per heavy atom. The second-order valence-corrected chi connectivity index (χ2v) is 4.33. The molecule has 6 heteroatoms. The number of phenolic OH excluding ortho intramolecular Hbond substituents is 1. The van der Waals surface area contributed by atoms with Gasteiger partial charge in [0, 0.05) is 23.8 Å². The van der Waals surface area contributed by atoms with Gasteiger partial charge < -0.3 is 9.84 Å². The van der Waals surface area contributed by atoms with Crippen LogP contribution in [0.25, 0.3) is 10.8 Å². The number of nitro groups is 1. The molecule has 0 radical (unpaired) electrons. The normalized spacial score (nSPS) is 10.5. The van der Waals surface area contributed by atoms with Crippen LogP contribution in [0.1, 0.15) is 0 Å². The molecule has 1 heterocycles. The van der Waals surface area contributed by atoms with Crippen LogP contribution < -0.4 is 4.74 Å². The molecular weight excluding hydrogens is 272 g/mol. The standard InChI is InChI=1S/C15H10N2O4/c18-13-3-1-2-4-15(13)21-14-6-5-12(17(19)20)10-7-8-16-9-11(10)14/h1-9,18H. The zero-order valence-electron chi connectivity index (χ0n) is 10.8. The van der Waals surface area contributed by atoms with Gasteiger partial charge in [-0.05, 0) is 24.3 Å². The van der Waals surface area contributed by atoms with Crippen LogP contribution in [-0.2, 0) is 0 Å². The average molecular weight is 282 g/mol. The lowest BCUT2D eigenvalue weighted by Crippen LogP contribution is -1.92. The summed E-state index contributed by atoms with van der Waals surface area (Å²) in [5.74, 6) is 0.662. The molecule has 104 valence electrons. The maximum Gasteiger partial charge on any atom is 0.277 e. The summed E-state index contributed by atoms with van der Waals surface area (Å²) in [6.45, 7) is 0. The predicted octanol–water partition coefficient (Wildman–Crippen LogP) is 3.64. The zero-order valence-corrected chi connectivity index (χ0v) is 10.8. The van der Waals surface area contributed by atoms with E-state index in [2.05, 4.69) is 4.98 Å². The third kappa shape index (κ3) is 2.34. The van der Waals surface area contributed by atoms with E-state index in [4.69, 9.17) is 4.74 Å². The number of hydrogen-bond acceptors (Lipinski definition) is 5. The van der Waals surface area contributed by atoms with E-state index < -0.39 is 4.92 Å². The van der Waals surface area contributed by atoms with Crippen molar-refractivity contribution in [3.8, 4) is 17.2 Å². The van der Waals surface area contributed by atoms with Crippen LogP contribution in [0.2, 0.25) is 0 Å². The molecular formula is C15H10N2O4. The molecule has 0 atom stereocenters. The third-order valence-electron chi connectivity index (χ3n) is 3.04. The Balaban J connectivity index is 2.14. The van der Waals surface area contributed by atoms with Gasteiger partial charge in [-0.2, -0.15) is 0 Å². The van der Waals surface area contributed by atoms with Gasteiger partial charge in [0.25, 0.3) is 5.69 Å². The predicted molar refractivity (Wildman–Crippen MR) is 76.6 cm³/mol. The lowest BCUT2D eigenvalue weighted by molar-refractivity contribution is -0.383. The topological polar surface area (TPSA) is 85.5 Å². The summed E-state index contributed by atoms with van der Waals surface area (Å²) in [7, 11) is 0. The van der Waals surface area contributed by atoms with E-state index in [9.17, 15) is 15.2 Å². The molecule has 0 fully saturated rings. The molecule has 0 bridgehead atoms. The number of rotatable bonds is 3. The van der Waals surface area contributed by atoms with Gasteiger partial charge in [-0.15, -0.1) is 0 Å². The minimum Gasteiger partial charge on any atom is -0.504 e. The molecule has 6 nitrogen and oxygen atoms in total. The van der Waals surface area contributed by atoms with Crippen LogP contribution in [-0.4, -0.2) is 15.0 Å². The first-order valence-electron chi connectivity index (χ1n) is 6.14. The van der Waals surface area contributed by atoms with E-state index in [0.717, 1.165) is 0 Å². The van der Waals surface area contributed by atoms with Crippen molar-refractivity contribution in [2.24, 2.45) is 0 Å². The Morgan fingerprint density at radius 1 is 1.05 bits per heavy atom. The number of pyridine rings is 1. The minimum absolute atomic E-state index is 0.00658. The Labute approximate surface area is 119 Å². The first-order chi connectivity index (χ1) is 10.2. The number of non-ortho nitro benzene ring substituents is 1. The second kappa shape index (κ2) is 5.09. The number of ether oxygens (including phenoxy) is 1. The molecule has 0 spiro atoms. The smallest absolute Gasteiger partial charge is 0.277 e. The van der Waals surface area contributed by atoms with E-state index in [0.29, 0.717) is 16.5 Å². The number of nitro benzene ring substituents is 1. The van der Waals surface area contributed by atoms with Gasteiger partial charge in [0.2, 0.25) is 0 Å². The fourth-order valence-corrected chi connectivity index (χ4v) is 2.06. The minimum atomic E-state index is -0.452. The molecule has 0 aliphatic rings. The van der Waals surface area contributed by atoms with Crippen molar-refractivity contribution in [3.05, 3.63) is 65.0 Å². The number of benzene rings is 2. The van der Waals surface area contributed by atoms with E-state index in [-0.39, 0.29) is 17.2 Å². The summed E-state index contributed by atoms with van der Waals surface area (Å²) in [5, 5.41) is 21.7. The number of aromatic nitrogens is 1. The van der Waals surface area contributed by atoms with Crippen LogP contribution in [0, 0.1) is 10.1 Å². The van der Waals surface area contributed by atoms with Crippen molar-refractivity contribution in [3.63, 3.8) is 0 Å². The number of aromatic hydroxyl groups is 1. The van der Waals surface area contributed by atoms with Crippen LogP contribution in [0.3, 0.4) is 0 Å². The Morgan fingerprint density at radius 2 is 1.86 bits per heavy atom. The van der Waals surface area contributed by atoms with Gasteiger partial charge in [-0.1, -0.05) is 12.1 Å². The zero-order chi connectivity index (χ0) is 14.8. The average Bonchev–Trinajstić information content (AvgIpc) is 2.49. The molecule has 3 aromatic rings. The highest BCUT2D eigenvalue weighted by molar-refractivity contribution is 5.94. The van der Waals surface area contributed by atoms with E-state index in [1.165, 1.54) is 30.6 Å². The first-order valence-corrected chi connectivity index (χ1v) is 6.14. The van der Waals surface area contributed by atoms with Gasteiger partial charge in [0.1, 0.15) is 5.75 Å². The SMILES string of the molecule is O=[N+]([O-])c1ccc(Oc2ccccc2O)c2cnccc12. The highest BCUT2D eigenvalue weighted by Crippen LogP contribution is 2.37. The largest absolute Gasteiger partial charge is 0.504 e. The fourth-order valence-electron chi connectivity index (χ4n) is 2.06. The number of fused-ring (bicyclic) bond motifs is 1. The van der Waals surface area contributed by atoms with Gasteiger partial charge in [-0.3, -0.25) is 15.1 Å². The quantitative estimate of drug-likeness (QED) is 0.585. The van der Waals surface area contributed by atoms with Gasteiger partial charge >= 0.3 is 0 Å². The summed E-state index contributed by atoms with van der Waals surface area (Å²) in [5.41, 5.74) is -0.0166. The van der Waals surface area contributed by atoms with Crippen molar-refractivity contribution in [2.45, 2.75) is 0 Å². The van der Waals surface area contributed by atoms with Gasteiger partial charge in [0.15, 0.2) is 11.5 Å². The van der Waals surface area contributed by atoms with Crippen LogP contribution in [0.4, 0.5) is 5.69 Å². The van der Waals surface area contributed by atoms with E-state index in [1.807, 2.05) is 0 Å². The van der Waals surface area contributed by atoms with Gasteiger partial charge in [-0.25, -0.2) is 0 Å². The summed E-state index contributed by atoms with van der Waals surface area (Å²) >= 11 is 0. The molecule has 0 aliphatic heterocycles. The van der Waals surface area contributed by atoms with Crippen LogP contribution in [0.5, 0.6) is 17.2 Å². The molecule has 21 heavy (non-hydrogen) atoms. The number of nitrogens with zero attached hydrogens (tertiary/aromatic N) is 2. The molecule has 1 N–H and O–H groups in total. The molecule has 1 aromatic heterocycles. The first kappa shape index (κ1) is 12.9. The van der Waals surface area contributed by atoms with Crippen LogP contribution >= 0.6 is 0 Å². The van der Waals surface area contributed by atoms with Crippen molar-refractivity contribution < 1.29 is 14.8 Å². The summed E-state index contributed by atoms with van der Waals surface area (Å²) in [4.78, 5) is 14.6. The van der Waals surface area contributed by atoms with Gasteiger partial charge in [0.05, 0.1) is 10.3 Å². The fraction of sp³-hybridized carbons (Fsp3) is 0. The number of hydrogen-bond donors (Lipinski definition) is 1. The monoisotopic (exact) mass is 282 g/mol. The van der Waals surface area contributed by atoms with Crippen LogP contribution in [0.15, 0.2) is 54.9 Å². The van der Waals surface area contributed by atoms with E-state index in [1.54, 1.807) is 24.3 Å². The molecule has 2 aromatic carbocycles. The summed E-state index contributed by atoms with van der Waals surface area (Å²) < 4.78 is 5.64. The van der Waals surface area contributed by atoms with Crippen molar-refractivity contribution >= 4 is 16.5 Å². The number of phenols is 1. The third-order valence-corrected chi connectivity index (χ3v) is 3.04. The molecule has 0 saturated carbocycles. The molecule has 0 unspecified atom stereocenters. The maximum atomic E-state index is 11.0. The Kier molecular flexibility index (Phi) is 3.12.